The van der Waals surface area contributed by atoms with Gasteiger partial charge in [0.05, 0.1) is 11.2 Å². The van der Waals surface area contributed by atoms with Gasteiger partial charge in [-0.1, -0.05) is 26.7 Å². The summed E-state index contributed by atoms with van der Waals surface area (Å²) in [7, 11) is -0.315. The van der Waals surface area contributed by atoms with Gasteiger partial charge in [-0.05, 0) is 47.0 Å². The lowest BCUT2D eigenvalue weighted by Gasteiger charge is -2.32. The van der Waals surface area contributed by atoms with Gasteiger partial charge in [-0.2, -0.15) is 5.10 Å². The second kappa shape index (κ2) is 6.36. The number of hydrogen-bond acceptors (Lipinski definition) is 3. The average molecular weight is 306 g/mol. The second-order valence-corrected chi connectivity index (χ2v) is 7.70. The predicted octanol–water partition coefficient (Wildman–Crippen LogP) is 3.32. The summed E-state index contributed by atoms with van der Waals surface area (Å²) in [6, 6.07) is 0. The third-order valence-electron chi connectivity index (χ3n) is 5.18. The second-order valence-electron chi connectivity index (χ2n) is 7.70. The summed E-state index contributed by atoms with van der Waals surface area (Å²) < 4.78 is 14.4. The molecule has 0 radical (unpaired) electrons. The monoisotopic (exact) mass is 306 g/mol. The topological polar surface area (TPSA) is 36.3 Å². The van der Waals surface area contributed by atoms with Crippen LogP contribution < -0.4 is 5.46 Å². The van der Waals surface area contributed by atoms with Crippen molar-refractivity contribution in [2.75, 3.05) is 0 Å². The zero-order chi connectivity index (χ0) is 16.5. The van der Waals surface area contributed by atoms with Gasteiger partial charge < -0.3 is 9.31 Å². The summed E-state index contributed by atoms with van der Waals surface area (Å²) in [5, 5.41) is 4.56. The average Bonchev–Trinajstić information content (AvgIpc) is 2.86. The van der Waals surface area contributed by atoms with Gasteiger partial charge in [0, 0.05) is 23.9 Å². The highest BCUT2D eigenvalue weighted by molar-refractivity contribution is 6.62. The molecular formula is C17H31BN2O2. The van der Waals surface area contributed by atoms with Gasteiger partial charge in [0.1, 0.15) is 0 Å². The molecular weight excluding hydrogens is 275 g/mol. The molecule has 0 saturated carbocycles. The molecule has 1 atom stereocenters. The van der Waals surface area contributed by atoms with Crippen molar-refractivity contribution in [2.24, 2.45) is 5.92 Å². The summed E-state index contributed by atoms with van der Waals surface area (Å²) >= 11 is 0. The van der Waals surface area contributed by atoms with Gasteiger partial charge in [0.15, 0.2) is 0 Å². The molecule has 1 aliphatic heterocycles. The molecule has 1 unspecified atom stereocenters. The Kier molecular flexibility index (Phi) is 5.08. The van der Waals surface area contributed by atoms with Gasteiger partial charge >= 0.3 is 7.12 Å². The van der Waals surface area contributed by atoms with Crippen LogP contribution in [0.15, 0.2) is 6.20 Å². The Balaban J connectivity index is 2.09. The van der Waals surface area contributed by atoms with Crippen LogP contribution in [0.1, 0.15) is 66.5 Å². The molecule has 0 aromatic carbocycles. The van der Waals surface area contributed by atoms with Gasteiger partial charge in [-0.3, -0.25) is 4.68 Å². The van der Waals surface area contributed by atoms with E-state index in [-0.39, 0.29) is 18.3 Å². The lowest BCUT2D eigenvalue weighted by Crippen LogP contribution is -2.41. The summed E-state index contributed by atoms with van der Waals surface area (Å²) in [4.78, 5) is 0. The maximum absolute atomic E-state index is 6.14. The summed E-state index contributed by atoms with van der Waals surface area (Å²) in [6.07, 6.45) is 5.69. The quantitative estimate of drug-likeness (QED) is 0.757. The van der Waals surface area contributed by atoms with E-state index in [1.165, 1.54) is 19.3 Å². The molecule has 1 saturated heterocycles. The highest BCUT2D eigenvalue weighted by Crippen LogP contribution is 2.36. The van der Waals surface area contributed by atoms with Crippen LogP contribution in [0.5, 0.6) is 0 Å². The Morgan fingerprint density at radius 3 is 2.36 bits per heavy atom. The first kappa shape index (κ1) is 17.5. The maximum atomic E-state index is 6.14. The van der Waals surface area contributed by atoms with E-state index in [4.69, 9.17) is 9.31 Å². The van der Waals surface area contributed by atoms with E-state index in [1.54, 1.807) is 0 Å². The van der Waals surface area contributed by atoms with E-state index < -0.39 is 0 Å². The van der Waals surface area contributed by atoms with Crippen molar-refractivity contribution in [3.8, 4) is 0 Å². The van der Waals surface area contributed by atoms with Crippen molar-refractivity contribution in [1.29, 1.82) is 0 Å². The molecule has 124 valence electrons. The van der Waals surface area contributed by atoms with Crippen molar-refractivity contribution < 1.29 is 9.31 Å². The van der Waals surface area contributed by atoms with E-state index in [9.17, 15) is 0 Å². The minimum Gasteiger partial charge on any atom is -0.399 e. The number of hydrogen-bond donors (Lipinski definition) is 0. The Morgan fingerprint density at radius 1 is 1.23 bits per heavy atom. The minimum atomic E-state index is -0.315. The molecule has 22 heavy (non-hydrogen) atoms. The van der Waals surface area contributed by atoms with Gasteiger partial charge in [-0.15, -0.1) is 0 Å². The highest BCUT2D eigenvalue weighted by Gasteiger charge is 2.52. The normalized spacial score (nSPS) is 21.3. The largest absolute Gasteiger partial charge is 0.498 e. The number of unbranched alkanes of at least 4 members (excludes halogenated alkanes) is 1. The zero-order valence-corrected chi connectivity index (χ0v) is 15.3. The number of aromatic nitrogens is 2. The van der Waals surface area contributed by atoms with E-state index in [1.807, 2.05) is 6.20 Å². The standard InChI is InChI=1S/C17H31BN2O2/c1-8-9-10-13(2)12-20-14(3)15(11-19-20)18-21-16(4,5)17(6,7)22-18/h11,13H,8-10,12H2,1-7H3. The van der Waals surface area contributed by atoms with Crippen LogP contribution in [0.25, 0.3) is 0 Å². The Hall–Kier alpha value is -0.805. The Bertz CT molecular complexity index is 495. The van der Waals surface area contributed by atoms with E-state index >= 15 is 0 Å². The molecule has 2 heterocycles. The molecule has 1 fully saturated rings. The first-order valence-electron chi connectivity index (χ1n) is 8.56. The molecule has 4 nitrogen and oxygen atoms in total. The molecule has 0 amide bonds. The Labute approximate surface area is 135 Å². The molecule has 0 aliphatic carbocycles. The lowest BCUT2D eigenvalue weighted by atomic mass is 9.79. The fourth-order valence-electron chi connectivity index (χ4n) is 2.79. The smallest absolute Gasteiger partial charge is 0.399 e. The van der Waals surface area contributed by atoms with Crippen LogP contribution in [0.4, 0.5) is 0 Å². The molecule has 0 bridgehead atoms. The maximum Gasteiger partial charge on any atom is 0.498 e. The molecule has 1 aromatic heterocycles. The number of rotatable bonds is 6. The SMILES string of the molecule is CCCCC(C)Cn1ncc(B2OC(C)(C)C(C)(C)O2)c1C. The Morgan fingerprint density at radius 2 is 1.82 bits per heavy atom. The molecule has 2 rings (SSSR count). The predicted molar refractivity (Wildman–Crippen MR) is 91.4 cm³/mol. The van der Waals surface area contributed by atoms with Gasteiger partial charge in [-0.25, -0.2) is 0 Å². The van der Waals surface area contributed by atoms with Crippen molar-refractivity contribution in [1.82, 2.24) is 9.78 Å². The zero-order valence-electron chi connectivity index (χ0n) is 15.3. The van der Waals surface area contributed by atoms with Crippen LogP contribution in [0.2, 0.25) is 0 Å². The summed E-state index contributed by atoms with van der Waals surface area (Å²) in [5.41, 5.74) is 1.60. The highest BCUT2D eigenvalue weighted by atomic mass is 16.7. The van der Waals surface area contributed by atoms with Crippen molar-refractivity contribution in [2.45, 2.75) is 85.5 Å². The fourth-order valence-corrected chi connectivity index (χ4v) is 2.79. The van der Waals surface area contributed by atoms with Crippen LogP contribution in [-0.2, 0) is 15.9 Å². The van der Waals surface area contributed by atoms with Crippen LogP contribution in [0.3, 0.4) is 0 Å². The van der Waals surface area contributed by atoms with Crippen LogP contribution in [0, 0.1) is 12.8 Å². The third-order valence-corrected chi connectivity index (χ3v) is 5.18. The molecule has 5 heteroatoms. The third kappa shape index (κ3) is 3.41. The van der Waals surface area contributed by atoms with E-state index in [0.717, 1.165) is 17.7 Å². The van der Waals surface area contributed by atoms with Gasteiger partial charge in [0.2, 0.25) is 0 Å². The van der Waals surface area contributed by atoms with Crippen molar-refractivity contribution >= 4 is 12.6 Å². The molecule has 0 spiro atoms. The lowest BCUT2D eigenvalue weighted by molar-refractivity contribution is 0.00578. The summed E-state index contributed by atoms with van der Waals surface area (Å²) in [6.45, 7) is 15.9. The number of nitrogens with zero attached hydrogens (tertiary/aromatic N) is 2. The fraction of sp³-hybridized carbons (Fsp3) is 0.824. The minimum absolute atomic E-state index is 0.305. The van der Waals surface area contributed by atoms with E-state index in [2.05, 4.69) is 58.2 Å². The van der Waals surface area contributed by atoms with Crippen LogP contribution in [-0.4, -0.2) is 28.1 Å². The first-order chi connectivity index (χ1) is 10.2. The molecule has 0 N–H and O–H groups in total. The van der Waals surface area contributed by atoms with Gasteiger partial charge in [0.25, 0.3) is 0 Å². The van der Waals surface area contributed by atoms with Crippen molar-refractivity contribution in [3.05, 3.63) is 11.9 Å². The van der Waals surface area contributed by atoms with Crippen molar-refractivity contribution in [3.63, 3.8) is 0 Å². The van der Waals surface area contributed by atoms with Crippen LogP contribution >= 0.6 is 0 Å². The molecule has 1 aliphatic rings. The summed E-state index contributed by atoms with van der Waals surface area (Å²) in [5.74, 6) is 0.643. The molecule has 1 aromatic rings. The van der Waals surface area contributed by atoms with E-state index in [0.29, 0.717) is 5.92 Å². The first-order valence-corrected chi connectivity index (χ1v) is 8.56.